The molecule has 0 aromatic heterocycles. The maximum absolute atomic E-state index is 7.75. The van der Waals surface area contributed by atoms with Crippen molar-refractivity contribution in [2.75, 3.05) is 39.3 Å². The lowest BCUT2D eigenvalue weighted by molar-refractivity contribution is -0.929. The van der Waals surface area contributed by atoms with Gasteiger partial charge in [0.1, 0.15) is 0 Å². The van der Waals surface area contributed by atoms with E-state index in [-0.39, 0.29) is 23.6 Å². The topological polar surface area (TPSA) is 46.2 Å². The van der Waals surface area contributed by atoms with Gasteiger partial charge in [-0.25, -0.2) is 0 Å². The molecule has 4 heteroatoms. The van der Waals surface area contributed by atoms with Crippen molar-refractivity contribution < 1.29 is 26.6 Å². The van der Waals surface area contributed by atoms with Gasteiger partial charge in [-0.05, 0) is 25.7 Å². The molecular weight excluding hydrogens is 340 g/mol. The van der Waals surface area contributed by atoms with E-state index in [9.17, 15) is 0 Å². The number of nitrogens with zero attached hydrogens (tertiary/aromatic N) is 1. The molecule has 3 N–H and O–H groups in total. The quantitative estimate of drug-likeness (QED) is 0.465. The smallest absolute Gasteiger partial charge is 0.0786 e. The van der Waals surface area contributed by atoms with Crippen molar-refractivity contribution in [3.63, 3.8) is 0 Å². The molecule has 0 rings (SSSR count). The van der Waals surface area contributed by atoms with Gasteiger partial charge >= 0.3 is 0 Å². The SMILES string of the molecule is CCCC[N+](CCCC)(CCCC)CCCC.NCCO.[Br-]. The number of hydrogen-bond acceptors (Lipinski definition) is 2. The molecule has 0 aliphatic heterocycles. The van der Waals surface area contributed by atoms with Crippen LogP contribution in [0, 0.1) is 0 Å². The van der Waals surface area contributed by atoms with Gasteiger partial charge in [0.25, 0.3) is 0 Å². The minimum atomic E-state index is 0. The lowest BCUT2D eigenvalue weighted by Crippen LogP contribution is -3.00. The van der Waals surface area contributed by atoms with Gasteiger partial charge in [0.15, 0.2) is 0 Å². The minimum Gasteiger partial charge on any atom is -1.00 e. The van der Waals surface area contributed by atoms with Crippen molar-refractivity contribution in [2.45, 2.75) is 79.1 Å². The van der Waals surface area contributed by atoms with Crippen LogP contribution in [0.15, 0.2) is 0 Å². The minimum absolute atomic E-state index is 0. The van der Waals surface area contributed by atoms with Crippen LogP contribution in [-0.2, 0) is 0 Å². The van der Waals surface area contributed by atoms with Crippen molar-refractivity contribution in [1.29, 1.82) is 0 Å². The van der Waals surface area contributed by atoms with Gasteiger partial charge in [-0.1, -0.05) is 53.4 Å². The number of rotatable bonds is 13. The third kappa shape index (κ3) is 16.7. The zero-order valence-corrected chi connectivity index (χ0v) is 17.3. The Balaban J connectivity index is -0.000000640. The first-order chi connectivity index (χ1) is 10.2. The highest BCUT2D eigenvalue weighted by molar-refractivity contribution is 4.49. The van der Waals surface area contributed by atoms with Crippen LogP contribution in [0.1, 0.15) is 79.1 Å². The molecule has 0 radical (unpaired) electrons. The van der Waals surface area contributed by atoms with E-state index in [1.807, 2.05) is 0 Å². The van der Waals surface area contributed by atoms with Crippen LogP contribution < -0.4 is 22.7 Å². The molecule has 3 nitrogen and oxygen atoms in total. The molecule has 138 valence electrons. The summed E-state index contributed by atoms with van der Waals surface area (Å²) in [6.07, 6.45) is 11.1. The Kier molecular flexibility index (Phi) is 26.4. The Morgan fingerprint density at radius 3 is 1.05 bits per heavy atom. The molecule has 0 atom stereocenters. The van der Waals surface area contributed by atoms with Crippen molar-refractivity contribution in [1.82, 2.24) is 0 Å². The van der Waals surface area contributed by atoms with Gasteiger partial charge in [0.05, 0.1) is 32.8 Å². The average molecular weight is 383 g/mol. The molecule has 0 amide bonds. The van der Waals surface area contributed by atoms with E-state index >= 15 is 0 Å². The highest BCUT2D eigenvalue weighted by Gasteiger charge is 2.24. The number of halogens is 1. The van der Waals surface area contributed by atoms with Crippen LogP contribution >= 0.6 is 0 Å². The van der Waals surface area contributed by atoms with Gasteiger partial charge in [0.2, 0.25) is 0 Å². The molecule has 0 aromatic carbocycles. The summed E-state index contributed by atoms with van der Waals surface area (Å²) in [4.78, 5) is 0. The van der Waals surface area contributed by atoms with Gasteiger partial charge in [0, 0.05) is 6.54 Å². The van der Waals surface area contributed by atoms with E-state index in [1.165, 1.54) is 82.0 Å². The molecule has 22 heavy (non-hydrogen) atoms. The predicted molar refractivity (Wildman–Crippen MR) is 95.5 cm³/mol. The van der Waals surface area contributed by atoms with Crippen LogP contribution in [0.5, 0.6) is 0 Å². The maximum Gasteiger partial charge on any atom is 0.0786 e. The third-order valence-electron chi connectivity index (χ3n) is 4.07. The predicted octanol–water partition coefficient (Wildman–Crippen LogP) is 0.945. The lowest BCUT2D eigenvalue weighted by Gasteiger charge is -2.39. The molecule has 0 saturated heterocycles. The van der Waals surface area contributed by atoms with Crippen molar-refractivity contribution in [2.24, 2.45) is 5.73 Å². The van der Waals surface area contributed by atoms with Crippen LogP contribution in [0.3, 0.4) is 0 Å². The standard InChI is InChI=1S/C16H36N.C2H7NO.BrH/c1-5-9-13-17(14-10-6-2,15-11-7-3)16-12-8-4;3-1-2-4;/h5-16H2,1-4H3;4H,1-3H2;1H/q+1;;/p-1. The van der Waals surface area contributed by atoms with Crippen LogP contribution in [0.4, 0.5) is 0 Å². The molecular formula is C18H43BrN2O. The first-order valence-corrected chi connectivity index (χ1v) is 9.32. The molecule has 0 spiro atoms. The maximum atomic E-state index is 7.75. The molecule has 0 saturated carbocycles. The van der Waals surface area contributed by atoms with E-state index < -0.39 is 0 Å². The first-order valence-electron chi connectivity index (χ1n) is 9.32. The Hall–Kier alpha value is 0.360. The van der Waals surface area contributed by atoms with Crippen molar-refractivity contribution >= 4 is 0 Å². The Bertz CT molecular complexity index is 152. The zero-order valence-electron chi connectivity index (χ0n) is 15.7. The summed E-state index contributed by atoms with van der Waals surface area (Å²) in [5.74, 6) is 0. The van der Waals surface area contributed by atoms with Crippen molar-refractivity contribution in [3.05, 3.63) is 0 Å². The molecule has 0 aromatic rings. The van der Waals surface area contributed by atoms with E-state index in [1.54, 1.807) is 0 Å². The summed E-state index contributed by atoms with van der Waals surface area (Å²) in [5.41, 5.74) is 4.78. The summed E-state index contributed by atoms with van der Waals surface area (Å²) in [6.45, 7) is 15.5. The largest absolute Gasteiger partial charge is 1.00 e. The highest BCUT2D eigenvalue weighted by Crippen LogP contribution is 2.16. The second kappa shape index (κ2) is 21.4. The molecule has 0 aliphatic carbocycles. The Morgan fingerprint density at radius 1 is 0.682 bits per heavy atom. The second-order valence-electron chi connectivity index (χ2n) is 6.16. The molecule has 0 bridgehead atoms. The fraction of sp³-hybridized carbons (Fsp3) is 1.00. The number of aliphatic hydroxyl groups excluding tert-OH is 1. The van der Waals surface area contributed by atoms with Crippen molar-refractivity contribution in [3.8, 4) is 0 Å². The molecule has 0 unspecified atom stereocenters. The number of hydrogen-bond donors (Lipinski definition) is 2. The van der Waals surface area contributed by atoms with Crippen LogP contribution in [0.2, 0.25) is 0 Å². The van der Waals surface area contributed by atoms with Crippen LogP contribution in [-0.4, -0.2) is 48.9 Å². The zero-order chi connectivity index (χ0) is 16.4. The number of nitrogens with two attached hydrogens (primary N) is 1. The summed E-state index contributed by atoms with van der Waals surface area (Å²) in [6, 6.07) is 0. The third-order valence-corrected chi connectivity index (χ3v) is 4.07. The van der Waals surface area contributed by atoms with Gasteiger partial charge in [-0.2, -0.15) is 0 Å². The summed E-state index contributed by atoms with van der Waals surface area (Å²) in [7, 11) is 0. The van der Waals surface area contributed by atoms with E-state index in [2.05, 4.69) is 27.7 Å². The van der Waals surface area contributed by atoms with E-state index in [0.717, 1.165) is 0 Å². The van der Waals surface area contributed by atoms with E-state index in [4.69, 9.17) is 10.8 Å². The fourth-order valence-electron chi connectivity index (χ4n) is 2.64. The molecule has 0 aliphatic rings. The highest BCUT2D eigenvalue weighted by atomic mass is 79.9. The van der Waals surface area contributed by atoms with Gasteiger partial charge in [-0.15, -0.1) is 0 Å². The fourth-order valence-corrected chi connectivity index (χ4v) is 2.64. The summed E-state index contributed by atoms with van der Waals surface area (Å²) < 4.78 is 1.42. The number of aliphatic hydroxyl groups is 1. The summed E-state index contributed by atoms with van der Waals surface area (Å²) in [5, 5.41) is 7.75. The monoisotopic (exact) mass is 382 g/mol. The van der Waals surface area contributed by atoms with Gasteiger partial charge < -0.3 is 32.3 Å². The number of quaternary nitrogens is 1. The Morgan fingerprint density at radius 2 is 0.909 bits per heavy atom. The van der Waals surface area contributed by atoms with E-state index in [0.29, 0.717) is 6.54 Å². The summed E-state index contributed by atoms with van der Waals surface area (Å²) >= 11 is 0. The normalized spacial score (nSPS) is 10.6. The Labute approximate surface area is 151 Å². The lowest BCUT2D eigenvalue weighted by atomic mass is 10.1. The molecule has 0 fully saturated rings. The number of unbranched alkanes of at least 4 members (excludes halogenated alkanes) is 4. The molecule has 0 heterocycles. The van der Waals surface area contributed by atoms with Crippen LogP contribution in [0.25, 0.3) is 0 Å². The first kappa shape index (κ1) is 27.2. The van der Waals surface area contributed by atoms with Gasteiger partial charge in [-0.3, -0.25) is 0 Å². The second-order valence-corrected chi connectivity index (χ2v) is 6.16. The average Bonchev–Trinajstić information content (AvgIpc) is 2.53.